The molecule has 1 aliphatic heterocycles. The second kappa shape index (κ2) is 5.21. The van der Waals surface area contributed by atoms with Gasteiger partial charge >= 0.3 is 0 Å². The number of hydrogen-bond acceptors (Lipinski definition) is 3. The predicted octanol–water partition coefficient (Wildman–Crippen LogP) is 4.12. The van der Waals surface area contributed by atoms with Crippen LogP contribution in [-0.2, 0) is 6.42 Å². The molecule has 2 heterocycles. The Morgan fingerprint density at radius 2 is 2.04 bits per heavy atom. The molecule has 0 unspecified atom stereocenters. The number of hydrogen-bond donors (Lipinski definition) is 1. The van der Waals surface area contributed by atoms with Crippen molar-refractivity contribution < 1.29 is 4.92 Å². The van der Waals surface area contributed by atoms with Gasteiger partial charge in [0.05, 0.1) is 21.9 Å². The van der Waals surface area contributed by atoms with Gasteiger partial charge in [0.15, 0.2) is 0 Å². The van der Waals surface area contributed by atoms with Crippen molar-refractivity contribution in [2.24, 2.45) is 4.99 Å². The summed E-state index contributed by atoms with van der Waals surface area (Å²) in [6.07, 6.45) is 0.824. The smallest absolute Gasteiger partial charge is 0.280 e. The molecule has 0 aliphatic carbocycles. The first-order chi connectivity index (χ1) is 11.1. The number of fused-ring (bicyclic) bond motifs is 3. The third-order valence-corrected chi connectivity index (χ3v) is 4.33. The number of nitro benzene ring substituents is 1. The molecule has 1 aliphatic rings. The van der Waals surface area contributed by atoms with Crippen LogP contribution < -0.4 is 0 Å². The zero-order valence-corrected chi connectivity index (χ0v) is 12.8. The van der Waals surface area contributed by atoms with Crippen molar-refractivity contribution in [2.75, 3.05) is 6.54 Å². The first-order valence-electron chi connectivity index (χ1n) is 7.24. The van der Waals surface area contributed by atoms with Gasteiger partial charge in [-0.25, -0.2) is 0 Å². The zero-order valence-electron chi connectivity index (χ0n) is 12.0. The van der Waals surface area contributed by atoms with Crippen LogP contribution in [0.1, 0.15) is 16.8 Å². The van der Waals surface area contributed by atoms with Crippen LogP contribution in [0.4, 0.5) is 5.69 Å². The summed E-state index contributed by atoms with van der Waals surface area (Å²) in [5.74, 6) is 0. The molecule has 0 saturated heterocycles. The molecule has 4 rings (SSSR count). The maximum absolute atomic E-state index is 11.4. The minimum atomic E-state index is -0.416. The van der Waals surface area contributed by atoms with E-state index in [4.69, 9.17) is 11.6 Å². The molecule has 23 heavy (non-hydrogen) atoms. The van der Waals surface area contributed by atoms with Crippen LogP contribution in [0, 0.1) is 10.1 Å². The molecule has 0 fully saturated rings. The van der Waals surface area contributed by atoms with E-state index < -0.39 is 4.92 Å². The number of nitro groups is 1. The zero-order chi connectivity index (χ0) is 16.0. The minimum Gasteiger partial charge on any atom is -0.353 e. The summed E-state index contributed by atoms with van der Waals surface area (Å²) >= 11 is 5.91. The minimum absolute atomic E-state index is 0.0252. The van der Waals surface area contributed by atoms with Gasteiger partial charge in [0.25, 0.3) is 5.69 Å². The Labute approximate surface area is 136 Å². The van der Waals surface area contributed by atoms with Crippen LogP contribution >= 0.6 is 11.6 Å². The van der Waals surface area contributed by atoms with Gasteiger partial charge < -0.3 is 4.98 Å². The number of halogens is 1. The van der Waals surface area contributed by atoms with Crippen molar-refractivity contribution in [2.45, 2.75) is 6.42 Å². The second-order valence-electron chi connectivity index (χ2n) is 5.42. The molecule has 0 radical (unpaired) electrons. The van der Waals surface area contributed by atoms with Crippen LogP contribution in [-0.4, -0.2) is 22.2 Å². The SMILES string of the molecule is O=[N+]([O-])c1cc(Cl)ccc1C1=NCCc2c1[nH]c1ccccc21. The van der Waals surface area contributed by atoms with Crippen LogP contribution in [0.5, 0.6) is 0 Å². The van der Waals surface area contributed by atoms with Gasteiger partial charge in [0.2, 0.25) is 0 Å². The molecule has 1 N–H and O–H groups in total. The Hall–Kier alpha value is -2.66. The maximum atomic E-state index is 11.4. The number of aromatic amines is 1. The normalized spacial score (nSPS) is 13.7. The molecule has 0 atom stereocenters. The summed E-state index contributed by atoms with van der Waals surface area (Å²) in [5.41, 5.74) is 4.14. The second-order valence-corrected chi connectivity index (χ2v) is 5.86. The van der Waals surface area contributed by atoms with Crippen molar-refractivity contribution in [3.05, 3.63) is 74.4 Å². The Morgan fingerprint density at radius 3 is 2.87 bits per heavy atom. The fraction of sp³-hybridized carbons (Fsp3) is 0.118. The lowest BCUT2D eigenvalue weighted by Crippen LogP contribution is -2.15. The topological polar surface area (TPSA) is 71.3 Å². The van der Waals surface area contributed by atoms with Gasteiger partial charge in [0, 0.05) is 28.5 Å². The summed E-state index contributed by atoms with van der Waals surface area (Å²) in [6.45, 7) is 0.615. The van der Waals surface area contributed by atoms with Gasteiger partial charge in [-0.2, -0.15) is 0 Å². The quantitative estimate of drug-likeness (QED) is 0.568. The van der Waals surface area contributed by atoms with Crippen LogP contribution in [0.15, 0.2) is 47.5 Å². The average Bonchev–Trinajstić information content (AvgIpc) is 2.93. The molecule has 3 aromatic rings. The molecule has 5 nitrogen and oxygen atoms in total. The summed E-state index contributed by atoms with van der Waals surface area (Å²) in [5, 5.41) is 12.9. The summed E-state index contributed by atoms with van der Waals surface area (Å²) in [7, 11) is 0. The Kier molecular flexibility index (Phi) is 3.16. The first-order valence-corrected chi connectivity index (χ1v) is 7.61. The van der Waals surface area contributed by atoms with E-state index in [0.29, 0.717) is 22.8 Å². The number of para-hydroxylation sites is 1. The highest BCUT2D eigenvalue weighted by molar-refractivity contribution is 6.31. The van der Waals surface area contributed by atoms with Gasteiger partial charge in [-0.05, 0) is 30.2 Å². The largest absolute Gasteiger partial charge is 0.353 e. The van der Waals surface area contributed by atoms with E-state index in [-0.39, 0.29) is 5.69 Å². The molecular weight excluding hydrogens is 314 g/mol. The van der Waals surface area contributed by atoms with Crippen LogP contribution in [0.3, 0.4) is 0 Å². The van der Waals surface area contributed by atoms with E-state index in [1.54, 1.807) is 12.1 Å². The molecule has 0 saturated carbocycles. The van der Waals surface area contributed by atoms with Crippen molar-refractivity contribution in [1.29, 1.82) is 0 Å². The number of aliphatic imine (C=N–C) groups is 1. The van der Waals surface area contributed by atoms with Gasteiger partial charge in [-0.1, -0.05) is 29.8 Å². The van der Waals surface area contributed by atoms with Gasteiger partial charge in [0.1, 0.15) is 0 Å². The first kappa shape index (κ1) is 14.0. The predicted molar refractivity (Wildman–Crippen MR) is 90.6 cm³/mol. The summed E-state index contributed by atoms with van der Waals surface area (Å²) < 4.78 is 0. The van der Waals surface area contributed by atoms with E-state index in [0.717, 1.165) is 28.6 Å². The third-order valence-electron chi connectivity index (χ3n) is 4.09. The van der Waals surface area contributed by atoms with Gasteiger partial charge in [-0.3, -0.25) is 15.1 Å². The van der Waals surface area contributed by atoms with Crippen LogP contribution in [0.2, 0.25) is 5.02 Å². The summed E-state index contributed by atoms with van der Waals surface area (Å²) in [4.78, 5) is 18.9. The number of nitrogens with zero attached hydrogens (tertiary/aromatic N) is 2. The standard InChI is InChI=1S/C17H12ClN3O2/c18-10-5-6-13(15(9-10)21(22)23)16-17-12(7-8-19-16)11-3-1-2-4-14(11)20-17/h1-6,9,20H,7-8H2. The molecule has 0 bridgehead atoms. The number of aromatic nitrogens is 1. The molecule has 0 amide bonds. The van der Waals surface area contributed by atoms with Gasteiger partial charge in [-0.15, -0.1) is 0 Å². The lowest BCUT2D eigenvalue weighted by Gasteiger charge is -2.14. The number of nitrogens with one attached hydrogen (secondary N) is 1. The molecule has 6 heteroatoms. The number of benzene rings is 2. The monoisotopic (exact) mass is 325 g/mol. The van der Waals surface area contributed by atoms with Crippen molar-refractivity contribution in [3.63, 3.8) is 0 Å². The lowest BCUT2D eigenvalue weighted by atomic mass is 9.97. The van der Waals surface area contributed by atoms with E-state index in [1.165, 1.54) is 6.07 Å². The van der Waals surface area contributed by atoms with E-state index in [2.05, 4.69) is 16.0 Å². The highest BCUT2D eigenvalue weighted by Crippen LogP contribution is 2.32. The lowest BCUT2D eigenvalue weighted by molar-refractivity contribution is -0.385. The molecule has 114 valence electrons. The fourth-order valence-corrected chi connectivity index (χ4v) is 3.26. The number of H-pyrrole nitrogens is 1. The van der Waals surface area contributed by atoms with Crippen molar-refractivity contribution >= 4 is 33.9 Å². The van der Waals surface area contributed by atoms with E-state index in [9.17, 15) is 10.1 Å². The Bertz CT molecular complexity index is 975. The van der Waals surface area contributed by atoms with Crippen molar-refractivity contribution in [3.8, 4) is 0 Å². The van der Waals surface area contributed by atoms with E-state index >= 15 is 0 Å². The Morgan fingerprint density at radius 1 is 1.22 bits per heavy atom. The van der Waals surface area contributed by atoms with E-state index in [1.807, 2.05) is 18.2 Å². The third kappa shape index (κ3) is 2.21. The Balaban J connectivity index is 1.96. The highest BCUT2D eigenvalue weighted by atomic mass is 35.5. The van der Waals surface area contributed by atoms with Crippen molar-refractivity contribution in [1.82, 2.24) is 4.98 Å². The van der Waals surface area contributed by atoms with Crippen LogP contribution in [0.25, 0.3) is 10.9 Å². The number of rotatable bonds is 2. The molecule has 0 spiro atoms. The molecule has 2 aromatic carbocycles. The molecule has 1 aromatic heterocycles. The summed E-state index contributed by atoms with van der Waals surface area (Å²) in [6, 6.07) is 12.7. The highest BCUT2D eigenvalue weighted by Gasteiger charge is 2.26. The average molecular weight is 326 g/mol. The fourth-order valence-electron chi connectivity index (χ4n) is 3.10. The maximum Gasteiger partial charge on any atom is 0.280 e. The molecular formula is C17H12ClN3O2.